The summed E-state index contributed by atoms with van der Waals surface area (Å²) in [5.41, 5.74) is 1.88. The monoisotopic (exact) mass is 350 g/mol. The number of furan rings is 1. The van der Waals surface area contributed by atoms with Gasteiger partial charge < -0.3 is 19.2 Å². The molecule has 3 heterocycles. The summed E-state index contributed by atoms with van der Waals surface area (Å²) in [5, 5.41) is 11.1. The van der Waals surface area contributed by atoms with Gasteiger partial charge in [-0.1, -0.05) is 18.2 Å². The lowest BCUT2D eigenvalue weighted by molar-refractivity contribution is -0.142. The van der Waals surface area contributed by atoms with Crippen molar-refractivity contribution in [2.75, 3.05) is 0 Å². The molecule has 0 saturated heterocycles. The summed E-state index contributed by atoms with van der Waals surface area (Å²) in [5.74, 6) is -0.689. The first kappa shape index (κ1) is 15.9. The largest absolute Gasteiger partial charge is 0.477 e. The molecule has 0 aliphatic heterocycles. The van der Waals surface area contributed by atoms with Gasteiger partial charge in [0, 0.05) is 23.2 Å². The van der Waals surface area contributed by atoms with Crippen molar-refractivity contribution in [2.45, 2.75) is 13.5 Å². The molecule has 0 amide bonds. The highest BCUT2D eigenvalue weighted by Crippen LogP contribution is 2.33. The maximum absolute atomic E-state index is 11.5. The number of benzene rings is 1. The zero-order valence-corrected chi connectivity index (χ0v) is 13.8. The molecule has 7 nitrogen and oxygen atoms in total. The normalized spacial score (nSPS) is 11.1. The van der Waals surface area contributed by atoms with Crippen LogP contribution in [0.15, 0.2) is 46.9 Å². The van der Waals surface area contributed by atoms with Crippen LogP contribution in [0.2, 0.25) is 0 Å². The van der Waals surface area contributed by atoms with Gasteiger partial charge in [0.15, 0.2) is 5.76 Å². The Morgan fingerprint density at radius 3 is 2.77 bits per heavy atom. The van der Waals surface area contributed by atoms with Crippen molar-refractivity contribution in [3.05, 3.63) is 53.9 Å². The van der Waals surface area contributed by atoms with Crippen molar-refractivity contribution in [1.82, 2.24) is 9.97 Å². The summed E-state index contributed by atoms with van der Waals surface area (Å²) in [4.78, 5) is 30.0. The number of rotatable bonds is 4. The predicted octanol–water partition coefficient (Wildman–Crippen LogP) is 3.74. The number of hydrogen-bond donors (Lipinski definition) is 2. The molecule has 130 valence electrons. The highest BCUT2D eigenvalue weighted by atomic mass is 16.5. The van der Waals surface area contributed by atoms with Gasteiger partial charge in [-0.3, -0.25) is 4.79 Å². The summed E-state index contributed by atoms with van der Waals surface area (Å²) in [6, 6.07) is 12.5. The SMILES string of the molecule is CC(=O)OCc1ccc(-c2nc(C(=O)O)cc3c2[nH]c2ccccc23)o1. The number of para-hydroxylation sites is 1. The Hall–Kier alpha value is -3.61. The Morgan fingerprint density at radius 1 is 1.19 bits per heavy atom. The van der Waals surface area contributed by atoms with E-state index in [4.69, 9.17) is 9.15 Å². The quantitative estimate of drug-likeness (QED) is 0.543. The summed E-state index contributed by atoms with van der Waals surface area (Å²) in [6.45, 7) is 1.32. The number of nitrogens with one attached hydrogen (secondary N) is 1. The first-order valence-corrected chi connectivity index (χ1v) is 7.90. The second-order valence-electron chi connectivity index (χ2n) is 5.80. The maximum Gasteiger partial charge on any atom is 0.354 e. The number of fused-ring (bicyclic) bond motifs is 3. The first-order valence-electron chi connectivity index (χ1n) is 7.90. The van der Waals surface area contributed by atoms with Gasteiger partial charge >= 0.3 is 11.9 Å². The van der Waals surface area contributed by atoms with Gasteiger partial charge in [-0.25, -0.2) is 9.78 Å². The smallest absolute Gasteiger partial charge is 0.354 e. The molecular weight excluding hydrogens is 336 g/mol. The van der Waals surface area contributed by atoms with Crippen LogP contribution in [0.5, 0.6) is 0 Å². The number of carboxylic acids is 1. The Bertz CT molecular complexity index is 1160. The lowest BCUT2D eigenvalue weighted by Crippen LogP contribution is -2.01. The van der Waals surface area contributed by atoms with E-state index in [1.807, 2.05) is 24.3 Å². The van der Waals surface area contributed by atoms with E-state index in [1.165, 1.54) is 6.92 Å². The Kier molecular flexibility index (Phi) is 3.69. The van der Waals surface area contributed by atoms with Crippen LogP contribution in [-0.4, -0.2) is 27.0 Å². The summed E-state index contributed by atoms with van der Waals surface area (Å²) < 4.78 is 10.6. The average Bonchev–Trinajstić information content (AvgIpc) is 3.23. The second-order valence-corrected chi connectivity index (χ2v) is 5.80. The van der Waals surface area contributed by atoms with E-state index in [2.05, 4.69) is 9.97 Å². The van der Waals surface area contributed by atoms with Crippen LogP contribution >= 0.6 is 0 Å². The zero-order chi connectivity index (χ0) is 18.3. The molecule has 3 aromatic heterocycles. The summed E-state index contributed by atoms with van der Waals surface area (Å²) >= 11 is 0. The lowest BCUT2D eigenvalue weighted by Gasteiger charge is -2.03. The van der Waals surface area contributed by atoms with E-state index in [9.17, 15) is 14.7 Å². The minimum Gasteiger partial charge on any atom is -0.477 e. The maximum atomic E-state index is 11.5. The van der Waals surface area contributed by atoms with Gasteiger partial charge in [0.1, 0.15) is 23.8 Å². The van der Waals surface area contributed by atoms with Crippen molar-refractivity contribution >= 4 is 33.7 Å². The van der Waals surface area contributed by atoms with Gasteiger partial charge in [0.2, 0.25) is 0 Å². The number of nitrogens with zero attached hydrogens (tertiary/aromatic N) is 1. The molecule has 4 aromatic rings. The number of carboxylic acid groups (broad SMARTS) is 1. The number of H-pyrrole nitrogens is 1. The Balaban J connectivity index is 1.90. The standard InChI is InChI=1S/C19H14N2O5/c1-10(22)25-9-11-6-7-16(26-11)18-17-13(8-15(21-18)19(23)24)12-4-2-3-5-14(12)20-17/h2-8,20H,9H2,1H3,(H,23,24). The number of pyridine rings is 1. The molecule has 0 fully saturated rings. The fourth-order valence-electron chi connectivity index (χ4n) is 2.89. The molecule has 7 heteroatoms. The first-order chi connectivity index (χ1) is 12.5. The number of aromatic nitrogens is 2. The number of ether oxygens (including phenoxy) is 1. The number of carbonyl (C=O) groups is 2. The van der Waals surface area contributed by atoms with Crippen LogP contribution in [0.25, 0.3) is 33.3 Å². The Labute approximate surface area is 147 Å². The number of aromatic amines is 1. The highest BCUT2D eigenvalue weighted by Gasteiger charge is 2.18. The van der Waals surface area contributed by atoms with Gasteiger partial charge in [-0.2, -0.15) is 0 Å². The van der Waals surface area contributed by atoms with E-state index >= 15 is 0 Å². The molecule has 26 heavy (non-hydrogen) atoms. The number of aromatic carboxylic acids is 1. The summed E-state index contributed by atoms with van der Waals surface area (Å²) in [7, 11) is 0. The lowest BCUT2D eigenvalue weighted by atomic mass is 10.1. The van der Waals surface area contributed by atoms with E-state index in [0.29, 0.717) is 22.7 Å². The second kappa shape index (κ2) is 6.03. The number of carbonyl (C=O) groups excluding carboxylic acids is 1. The minimum atomic E-state index is -1.12. The van der Waals surface area contributed by atoms with Crippen molar-refractivity contribution in [3.8, 4) is 11.5 Å². The van der Waals surface area contributed by atoms with Crippen LogP contribution in [0.3, 0.4) is 0 Å². The molecule has 0 radical (unpaired) electrons. The van der Waals surface area contributed by atoms with Crippen molar-refractivity contribution in [1.29, 1.82) is 0 Å². The number of esters is 1. The number of hydrogen-bond acceptors (Lipinski definition) is 5. The molecule has 0 unspecified atom stereocenters. The van der Waals surface area contributed by atoms with E-state index < -0.39 is 11.9 Å². The van der Waals surface area contributed by atoms with E-state index in [0.717, 1.165) is 16.3 Å². The molecule has 0 aliphatic rings. The Morgan fingerprint density at radius 2 is 2.00 bits per heavy atom. The van der Waals surface area contributed by atoms with Crippen LogP contribution < -0.4 is 0 Å². The third kappa shape index (κ3) is 2.69. The van der Waals surface area contributed by atoms with Crippen molar-refractivity contribution < 1.29 is 23.8 Å². The van der Waals surface area contributed by atoms with Crippen molar-refractivity contribution in [2.24, 2.45) is 0 Å². The predicted molar refractivity (Wildman–Crippen MR) is 93.7 cm³/mol. The van der Waals surface area contributed by atoms with Gasteiger partial charge in [-0.05, 0) is 24.3 Å². The van der Waals surface area contributed by atoms with Crippen molar-refractivity contribution in [3.63, 3.8) is 0 Å². The zero-order valence-electron chi connectivity index (χ0n) is 13.8. The third-order valence-corrected chi connectivity index (χ3v) is 4.03. The van der Waals surface area contributed by atoms with Crippen LogP contribution in [0.1, 0.15) is 23.2 Å². The average molecular weight is 350 g/mol. The molecular formula is C19H14N2O5. The molecule has 4 rings (SSSR count). The molecule has 2 N–H and O–H groups in total. The fourth-order valence-corrected chi connectivity index (χ4v) is 2.89. The molecule has 0 atom stereocenters. The third-order valence-electron chi connectivity index (χ3n) is 4.03. The molecule has 0 bridgehead atoms. The van der Waals surface area contributed by atoms with E-state index in [1.54, 1.807) is 18.2 Å². The minimum absolute atomic E-state index is 0.00377. The molecule has 1 aromatic carbocycles. The topological polar surface area (TPSA) is 105 Å². The molecule has 0 aliphatic carbocycles. The van der Waals surface area contributed by atoms with Gasteiger partial charge in [0.25, 0.3) is 0 Å². The van der Waals surface area contributed by atoms with Crippen LogP contribution in [-0.2, 0) is 16.1 Å². The summed E-state index contributed by atoms with van der Waals surface area (Å²) in [6.07, 6.45) is 0. The van der Waals surface area contributed by atoms with Crippen LogP contribution in [0, 0.1) is 0 Å². The van der Waals surface area contributed by atoms with Gasteiger partial charge in [-0.15, -0.1) is 0 Å². The highest BCUT2D eigenvalue weighted by molar-refractivity contribution is 6.12. The fraction of sp³-hybridized carbons (Fsp3) is 0.105. The molecule has 0 spiro atoms. The van der Waals surface area contributed by atoms with Gasteiger partial charge in [0.05, 0.1) is 5.52 Å². The molecule has 0 saturated carbocycles. The van der Waals surface area contributed by atoms with Crippen LogP contribution in [0.4, 0.5) is 0 Å². The van der Waals surface area contributed by atoms with E-state index in [-0.39, 0.29) is 12.3 Å².